The van der Waals surface area contributed by atoms with Crippen molar-refractivity contribution >= 4 is 27.5 Å². The van der Waals surface area contributed by atoms with Gasteiger partial charge in [0.2, 0.25) is 0 Å². The van der Waals surface area contributed by atoms with Crippen molar-refractivity contribution < 1.29 is 4.79 Å². The van der Waals surface area contributed by atoms with E-state index < -0.39 is 0 Å². The van der Waals surface area contributed by atoms with Crippen molar-refractivity contribution in [3.8, 4) is 5.69 Å². The first-order valence-electron chi connectivity index (χ1n) is 6.10. The number of nitrogens with one attached hydrogen (secondary N) is 1. The normalized spacial score (nSPS) is 10.3. The molecule has 7 heteroatoms. The Bertz CT molecular complexity index is 738. The van der Waals surface area contributed by atoms with Gasteiger partial charge in [0.25, 0.3) is 5.91 Å². The lowest BCUT2D eigenvalue weighted by atomic mass is 10.2. The fourth-order valence-corrected chi connectivity index (χ4v) is 1.98. The number of carbonyl (C=O) groups is 1. The number of aromatic nitrogens is 4. The van der Waals surface area contributed by atoms with Crippen LogP contribution in [0.5, 0.6) is 0 Å². The molecular weight excluding hydrogens is 334 g/mol. The number of nitrogens with zero attached hydrogens (tertiary/aromatic N) is 4. The summed E-state index contributed by atoms with van der Waals surface area (Å²) in [6, 6.07) is 10.7. The fraction of sp³-hybridized carbons (Fsp3) is 0. The fourth-order valence-electron chi connectivity index (χ4n) is 1.74. The van der Waals surface area contributed by atoms with Gasteiger partial charge in [0.1, 0.15) is 18.3 Å². The van der Waals surface area contributed by atoms with E-state index in [4.69, 9.17) is 0 Å². The Morgan fingerprint density at radius 3 is 2.57 bits per heavy atom. The Morgan fingerprint density at radius 2 is 1.95 bits per heavy atom. The van der Waals surface area contributed by atoms with Crippen molar-refractivity contribution in [3.63, 3.8) is 0 Å². The van der Waals surface area contributed by atoms with E-state index in [2.05, 4.69) is 36.3 Å². The molecule has 0 aliphatic rings. The molecule has 0 radical (unpaired) electrons. The van der Waals surface area contributed by atoms with E-state index in [0.29, 0.717) is 11.4 Å². The third-order valence-corrected chi connectivity index (χ3v) is 3.24. The van der Waals surface area contributed by atoms with Crippen molar-refractivity contribution in [3.05, 3.63) is 65.4 Å². The number of hydrogen-bond acceptors (Lipinski definition) is 4. The topological polar surface area (TPSA) is 72.7 Å². The largest absolute Gasteiger partial charge is 0.321 e. The first-order valence-corrected chi connectivity index (χ1v) is 6.90. The minimum absolute atomic E-state index is 0.254. The zero-order valence-electron chi connectivity index (χ0n) is 10.8. The average Bonchev–Trinajstić information content (AvgIpc) is 3.03. The zero-order valence-corrected chi connectivity index (χ0v) is 12.4. The molecule has 3 aromatic rings. The molecule has 0 aliphatic carbocycles. The number of carbonyl (C=O) groups excluding carboxylic acids is 1. The molecule has 1 aromatic carbocycles. The summed E-state index contributed by atoms with van der Waals surface area (Å²) >= 11 is 3.28. The molecule has 3 rings (SSSR count). The van der Waals surface area contributed by atoms with Crippen LogP contribution in [0, 0.1) is 0 Å². The van der Waals surface area contributed by atoms with E-state index in [1.807, 2.05) is 12.1 Å². The Labute approximate surface area is 129 Å². The Kier molecular flexibility index (Phi) is 3.74. The summed E-state index contributed by atoms with van der Waals surface area (Å²) in [5, 5.41) is 6.82. The third kappa shape index (κ3) is 3.14. The maximum absolute atomic E-state index is 12.0. The van der Waals surface area contributed by atoms with Gasteiger partial charge in [-0.2, -0.15) is 5.10 Å². The lowest BCUT2D eigenvalue weighted by molar-refractivity contribution is 0.102. The monoisotopic (exact) mass is 343 g/mol. The van der Waals surface area contributed by atoms with Crippen LogP contribution in [0.2, 0.25) is 0 Å². The van der Waals surface area contributed by atoms with Gasteiger partial charge in [-0.05, 0) is 52.3 Å². The predicted octanol–water partition coefficient (Wildman–Crippen LogP) is 2.68. The Balaban J connectivity index is 1.73. The molecule has 0 spiro atoms. The second-order valence-electron chi connectivity index (χ2n) is 4.20. The van der Waals surface area contributed by atoms with Gasteiger partial charge in [-0.3, -0.25) is 4.79 Å². The van der Waals surface area contributed by atoms with Gasteiger partial charge in [0.05, 0.1) is 5.69 Å². The van der Waals surface area contributed by atoms with Gasteiger partial charge in [0, 0.05) is 16.4 Å². The molecule has 0 fully saturated rings. The maximum atomic E-state index is 12.0. The Morgan fingerprint density at radius 1 is 1.14 bits per heavy atom. The van der Waals surface area contributed by atoms with E-state index in [1.54, 1.807) is 41.5 Å². The van der Waals surface area contributed by atoms with Gasteiger partial charge in [-0.1, -0.05) is 0 Å². The highest BCUT2D eigenvalue weighted by Gasteiger charge is 2.07. The number of halogens is 1. The number of anilines is 1. The molecule has 104 valence electrons. The molecule has 21 heavy (non-hydrogen) atoms. The molecule has 0 saturated carbocycles. The summed E-state index contributed by atoms with van der Waals surface area (Å²) in [7, 11) is 0. The van der Waals surface area contributed by atoms with Gasteiger partial charge in [-0.15, -0.1) is 0 Å². The molecule has 2 heterocycles. The van der Waals surface area contributed by atoms with Crippen molar-refractivity contribution in [1.82, 2.24) is 19.7 Å². The lowest BCUT2D eigenvalue weighted by Gasteiger charge is -2.06. The minimum Gasteiger partial charge on any atom is -0.321 e. The summed E-state index contributed by atoms with van der Waals surface area (Å²) < 4.78 is 2.47. The van der Waals surface area contributed by atoms with E-state index in [-0.39, 0.29) is 5.91 Å². The minimum atomic E-state index is -0.254. The molecular formula is C14H10BrN5O. The number of pyridine rings is 1. The lowest BCUT2D eigenvalue weighted by Crippen LogP contribution is -2.13. The number of amides is 1. The van der Waals surface area contributed by atoms with Gasteiger partial charge < -0.3 is 5.32 Å². The van der Waals surface area contributed by atoms with Gasteiger partial charge >= 0.3 is 0 Å². The highest BCUT2D eigenvalue weighted by molar-refractivity contribution is 9.10. The van der Waals surface area contributed by atoms with Crippen LogP contribution in [-0.2, 0) is 0 Å². The average molecular weight is 344 g/mol. The number of hydrogen-bond donors (Lipinski definition) is 1. The van der Waals surface area contributed by atoms with E-state index in [0.717, 1.165) is 10.2 Å². The first-order chi connectivity index (χ1) is 10.2. The van der Waals surface area contributed by atoms with E-state index in [9.17, 15) is 4.79 Å². The Hall–Kier alpha value is -2.54. The molecule has 0 saturated heterocycles. The van der Waals surface area contributed by atoms with Crippen LogP contribution in [0.4, 0.5) is 5.69 Å². The smallest absolute Gasteiger partial charge is 0.274 e. The quantitative estimate of drug-likeness (QED) is 0.793. The molecule has 2 aromatic heterocycles. The van der Waals surface area contributed by atoms with Gasteiger partial charge in [-0.25, -0.2) is 14.6 Å². The molecule has 0 unspecified atom stereocenters. The highest BCUT2D eigenvalue weighted by Crippen LogP contribution is 2.14. The zero-order chi connectivity index (χ0) is 14.7. The summed E-state index contributed by atoms with van der Waals surface area (Å²) in [6.07, 6.45) is 4.66. The second kappa shape index (κ2) is 5.84. The van der Waals surface area contributed by atoms with Crippen LogP contribution < -0.4 is 5.32 Å². The van der Waals surface area contributed by atoms with Crippen molar-refractivity contribution in [2.45, 2.75) is 0 Å². The van der Waals surface area contributed by atoms with Crippen LogP contribution in [-0.4, -0.2) is 25.7 Å². The highest BCUT2D eigenvalue weighted by atomic mass is 79.9. The second-order valence-corrected chi connectivity index (χ2v) is 5.12. The molecule has 0 aliphatic heterocycles. The number of rotatable bonds is 3. The summed E-state index contributed by atoms with van der Waals surface area (Å²) in [6.45, 7) is 0. The summed E-state index contributed by atoms with van der Waals surface area (Å²) in [5.74, 6) is -0.254. The maximum Gasteiger partial charge on any atom is 0.274 e. The number of benzene rings is 1. The molecule has 6 nitrogen and oxygen atoms in total. The van der Waals surface area contributed by atoms with Crippen molar-refractivity contribution in [2.24, 2.45) is 0 Å². The molecule has 1 N–H and O–H groups in total. The first kappa shape index (κ1) is 13.4. The van der Waals surface area contributed by atoms with Crippen molar-refractivity contribution in [2.75, 3.05) is 5.32 Å². The van der Waals surface area contributed by atoms with Crippen LogP contribution in [0.25, 0.3) is 5.69 Å². The molecule has 0 atom stereocenters. The van der Waals surface area contributed by atoms with Crippen LogP contribution in [0.15, 0.2) is 59.7 Å². The van der Waals surface area contributed by atoms with Gasteiger partial charge in [0.15, 0.2) is 0 Å². The van der Waals surface area contributed by atoms with Crippen LogP contribution in [0.1, 0.15) is 10.5 Å². The van der Waals surface area contributed by atoms with Crippen LogP contribution in [0.3, 0.4) is 0 Å². The third-order valence-electron chi connectivity index (χ3n) is 2.77. The summed E-state index contributed by atoms with van der Waals surface area (Å²) in [4.78, 5) is 20.0. The SMILES string of the molecule is O=C(Nc1ccc(-n2cncn2)cc1)c1ccc(Br)cn1. The predicted molar refractivity (Wildman–Crippen MR) is 81.2 cm³/mol. The van der Waals surface area contributed by atoms with E-state index in [1.165, 1.54) is 6.33 Å². The molecule has 0 bridgehead atoms. The molecule has 1 amide bonds. The van der Waals surface area contributed by atoms with E-state index >= 15 is 0 Å². The standard InChI is InChI=1S/C14H10BrN5O/c15-10-1-6-13(17-7-10)14(21)19-11-2-4-12(5-3-11)20-9-16-8-18-20/h1-9H,(H,19,21). The summed E-state index contributed by atoms with van der Waals surface area (Å²) in [5.41, 5.74) is 1.92. The van der Waals surface area contributed by atoms with Crippen molar-refractivity contribution in [1.29, 1.82) is 0 Å². The van der Waals surface area contributed by atoms with Crippen LogP contribution >= 0.6 is 15.9 Å².